The van der Waals surface area contributed by atoms with Crippen molar-refractivity contribution in [1.82, 2.24) is 4.57 Å². The number of aryl methyl sites for hydroxylation is 1. The SMILES string of the molecule is Cn1ccc(/C(N)=N/N)cc1=O. The Morgan fingerprint density at radius 3 is 2.83 bits per heavy atom. The molecule has 0 aliphatic rings. The van der Waals surface area contributed by atoms with Crippen molar-refractivity contribution in [3.05, 3.63) is 34.2 Å². The number of hydrogen-bond acceptors (Lipinski definition) is 3. The molecule has 1 heterocycles. The van der Waals surface area contributed by atoms with Crippen LogP contribution in [0, 0.1) is 0 Å². The summed E-state index contributed by atoms with van der Waals surface area (Å²) in [7, 11) is 1.65. The molecule has 0 aliphatic heterocycles. The molecule has 0 aliphatic carbocycles. The molecule has 1 aromatic heterocycles. The lowest BCUT2D eigenvalue weighted by molar-refractivity contribution is 0.859. The van der Waals surface area contributed by atoms with E-state index in [1.54, 1.807) is 19.3 Å². The van der Waals surface area contributed by atoms with Crippen LogP contribution in [0.15, 0.2) is 28.2 Å². The van der Waals surface area contributed by atoms with E-state index < -0.39 is 0 Å². The molecule has 1 aromatic rings. The molecule has 0 fully saturated rings. The lowest BCUT2D eigenvalue weighted by Gasteiger charge is -1.99. The van der Waals surface area contributed by atoms with E-state index >= 15 is 0 Å². The highest BCUT2D eigenvalue weighted by atomic mass is 16.1. The molecule has 0 atom stereocenters. The van der Waals surface area contributed by atoms with Gasteiger partial charge in [0.15, 0.2) is 5.84 Å². The van der Waals surface area contributed by atoms with Crippen LogP contribution in [0.2, 0.25) is 0 Å². The Kier molecular flexibility index (Phi) is 2.14. The fourth-order valence-corrected chi connectivity index (χ4v) is 0.782. The van der Waals surface area contributed by atoms with Crippen LogP contribution in [0.3, 0.4) is 0 Å². The molecule has 0 radical (unpaired) electrons. The predicted octanol–water partition coefficient (Wildman–Crippen LogP) is -1.04. The molecule has 0 aromatic carbocycles. The van der Waals surface area contributed by atoms with Crippen molar-refractivity contribution < 1.29 is 0 Å². The highest BCUT2D eigenvalue weighted by molar-refractivity contribution is 5.96. The molecule has 5 heteroatoms. The Labute approximate surface area is 69.3 Å². The molecular weight excluding hydrogens is 156 g/mol. The third kappa shape index (κ3) is 1.45. The summed E-state index contributed by atoms with van der Waals surface area (Å²) in [6.45, 7) is 0. The highest BCUT2D eigenvalue weighted by Gasteiger charge is 1.98. The van der Waals surface area contributed by atoms with Gasteiger partial charge in [-0.3, -0.25) is 4.79 Å². The van der Waals surface area contributed by atoms with E-state index in [1.165, 1.54) is 10.6 Å². The Morgan fingerprint density at radius 1 is 1.67 bits per heavy atom. The number of nitrogens with two attached hydrogens (primary N) is 2. The van der Waals surface area contributed by atoms with Crippen molar-refractivity contribution in [2.24, 2.45) is 23.7 Å². The first kappa shape index (κ1) is 8.32. The largest absolute Gasteiger partial charge is 0.382 e. The number of hydrogen-bond donors (Lipinski definition) is 2. The average molecular weight is 166 g/mol. The maximum Gasteiger partial charge on any atom is 0.250 e. The van der Waals surface area contributed by atoms with Gasteiger partial charge in [-0.25, -0.2) is 0 Å². The summed E-state index contributed by atoms with van der Waals surface area (Å²) in [5.74, 6) is 5.11. The molecule has 64 valence electrons. The lowest BCUT2D eigenvalue weighted by Crippen LogP contribution is -2.21. The van der Waals surface area contributed by atoms with Gasteiger partial charge in [-0.15, -0.1) is 0 Å². The van der Waals surface area contributed by atoms with E-state index in [0.717, 1.165) is 0 Å². The van der Waals surface area contributed by atoms with Crippen LogP contribution in [0.4, 0.5) is 0 Å². The standard InChI is InChI=1S/C7H10N4O/c1-11-3-2-5(4-6(11)12)7(8)10-9/h2-4H,9H2,1H3,(H2,8,10). The van der Waals surface area contributed by atoms with E-state index in [4.69, 9.17) is 11.6 Å². The molecular formula is C7H10N4O. The van der Waals surface area contributed by atoms with Gasteiger partial charge in [-0.2, -0.15) is 5.10 Å². The van der Waals surface area contributed by atoms with Crippen molar-refractivity contribution >= 4 is 5.84 Å². The third-order valence-electron chi connectivity index (χ3n) is 1.54. The van der Waals surface area contributed by atoms with Gasteiger partial charge in [0.1, 0.15) is 0 Å². The summed E-state index contributed by atoms with van der Waals surface area (Å²) in [6, 6.07) is 3.05. The van der Waals surface area contributed by atoms with Gasteiger partial charge in [-0.05, 0) is 6.07 Å². The fourth-order valence-electron chi connectivity index (χ4n) is 0.782. The number of pyridine rings is 1. The van der Waals surface area contributed by atoms with Gasteiger partial charge in [0.25, 0.3) is 5.56 Å². The van der Waals surface area contributed by atoms with E-state index in [1.807, 2.05) is 0 Å². The fraction of sp³-hybridized carbons (Fsp3) is 0.143. The molecule has 0 bridgehead atoms. The Balaban J connectivity index is 3.23. The van der Waals surface area contributed by atoms with Crippen LogP contribution in [0.1, 0.15) is 5.56 Å². The quantitative estimate of drug-likeness (QED) is 0.242. The Bertz CT molecular complexity index is 366. The highest BCUT2D eigenvalue weighted by Crippen LogP contribution is 1.91. The summed E-state index contributed by atoms with van der Waals surface area (Å²) in [5.41, 5.74) is 5.79. The van der Waals surface area contributed by atoms with Crippen LogP contribution in [-0.4, -0.2) is 10.4 Å². The molecule has 0 unspecified atom stereocenters. The molecule has 0 saturated heterocycles. The van der Waals surface area contributed by atoms with Gasteiger partial charge in [0.2, 0.25) is 0 Å². The summed E-state index contributed by atoms with van der Waals surface area (Å²) in [5, 5.41) is 3.28. The first-order valence-electron chi connectivity index (χ1n) is 3.35. The van der Waals surface area contributed by atoms with Crippen molar-refractivity contribution in [3.63, 3.8) is 0 Å². The summed E-state index contributed by atoms with van der Waals surface area (Å²) in [4.78, 5) is 11.1. The van der Waals surface area contributed by atoms with Crippen LogP contribution in [0.25, 0.3) is 0 Å². The maximum absolute atomic E-state index is 11.1. The van der Waals surface area contributed by atoms with Crippen LogP contribution >= 0.6 is 0 Å². The number of rotatable bonds is 1. The zero-order valence-electron chi connectivity index (χ0n) is 6.69. The third-order valence-corrected chi connectivity index (χ3v) is 1.54. The van der Waals surface area contributed by atoms with Gasteiger partial charge in [0.05, 0.1) is 0 Å². The molecule has 0 saturated carbocycles. The first-order chi connectivity index (χ1) is 5.65. The lowest BCUT2D eigenvalue weighted by atomic mass is 10.2. The average Bonchev–Trinajstić information content (AvgIpc) is 2.08. The van der Waals surface area contributed by atoms with Crippen LogP contribution < -0.4 is 17.1 Å². The zero-order valence-corrected chi connectivity index (χ0v) is 6.69. The van der Waals surface area contributed by atoms with Crippen molar-refractivity contribution in [3.8, 4) is 0 Å². The minimum Gasteiger partial charge on any atom is -0.382 e. The van der Waals surface area contributed by atoms with Gasteiger partial charge in [0, 0.05) is 24.9 Å². The van der Waals surface area contributed by atoms with Crippen molar-refractivity contribution in [2.45, 2.75) is 0 Å². The molecule has 0 amide bonds. The predicted molar refractivity (Wildman–Crippen MR) is 46.6 cm³/mol. The van der Waals surface area contributed by atoms with E-state index in [9.17, 15) is 4.79 Å². The Morgan fingerprint density at radius 2 is 2.33 bits per heavy atom. The second-order valence-corrected chi connectivity index (χ2v) is 2.38. The molecule has 0 spiro atoms. The monoisotopic (exact) mass is 166 g/mol. The second-order valence-electron chi connectivity index (χ2n) is 2.38. The van der Waals surface area contributed by atoms with Crippen LogP contribution in [-0.2, 0) is 7.05 Å². The molecule has 1 rings (SSSR count). The first-order valence-corrected chi connectivity index (χ1v) is 3.35. The summed E-state index contributed by atoms with van der Waals surface area (Å²) >= 11 is 0. The minimum absolute atomic E-state index is 0.140. The number of nitrogens with zero attached hydrogens (tertiary/aromatic N) is 2. The Hall–Kier alpha value is -1.78. The number of hydrazone groups is 1. The second kappa shape index (κ2) is 3.08. The number of amidine groups is 1. The molecule has 5 nitrogen and oxygen atoms in total. The molecule has 4 N–H and O–H groups in total. The number of aromatic nitrogens is 1. The van der Waals surface area contributed by atoms with E-state index in [2.05, 4.69) is 5.10 Å². The molecule has 12 heavy (non-hydrogen) atoms. The van der Waals surface area contributed by atoms with Crippen molar-refractivity contribution in [1.29, 1.82) is 0 Å². The van der Waals surface area contributed by atoms with E-state index in [-0.39, 0.29) is 11.4 Å². The van der Waals surface area contributed by atoms with Gasteiger partial charge in [-0.1, -0.05) is 0 Å². The van der Waals surface area contributed by atoms with Gasteiger partial charge >= 0.3 is 0 Å². The van der Waals surface area contributed by atoms with E-state index in [0.29, 0.717) is 5.56 Å². The smallest absolute Gasteiger partial charge is 0.250 e. The van der Waals surface area contributed by atoms with Crippen LogP contribution in [0.5, 0.6) is 0 Å². The van der Waals surface area contributed by atoms with Crippen molar-refractivity contribution in [2.75, 3.05) is 0 Å². The zero-order chi connectivity index (χ0) is 9.14. The normalized spacial score (nSPS) is 11.6. The topological polar surface area (TPSA) is 86.4 Å². The van der Waals surface area contributed by atoms with Gasteiger partial charge < -0.3 is 16.1 Å². The maximum atomic E-state index is 11.1. The summed E-state index contributed by atoms with van der Waals surface area (Å²) < 4.78 is 1.44. The summed E-state index contributed by atoms with van der Waals surface area (Å²) in [6.07, 6.45) is 1.61. The minimum atomic E-state index is -0.140.